The van der Waals surface area contributed by atoms with E-state index < -0.39 is 0 Å². The molecule has 2 aromatic carbocycles. The quantitative estimate of drug-likeness (QED) is 0.454. The first kappa shape index (κ1) is 9.92. The summed E-state index contributed by atoms with van der Waals surface area (Å²) in [5.41, 5.74) is 2.48. The highest BCUT2D eigenvalue weighted by atomic mass is 32.1. The van der Waals surface area contributed by atoms with E-state index in [1.165, 1.54) is 26.7 Å². The average Bonchev–Trinajstić information content (AvgIpc) is 3.04. The number of benzene rings is 2. The lowest BCUT2D eigenvalue weighted by atomic mass is 10.2. The van der Waals surface area contributed by atoms with Gasteiger partial charge >= 0.3 is 0 Å². The fourth-order valence-corrected chi connectivity index (χ4v) is 3.18. The van der Waals surface area contributed by atoms with E-state index in [4.69, 9.17) is 0 Å². The molecule has 0 atom stereocenters. The highest BCUT2D eigenvalue weighted by molar-refractivity contribution is 7.17. The van der Waals surface area contributed by atoms with Crippen molar-refractivity contribution in [3.63, 3.8) is 0 Å². The number of nitrogens with zero attached hydrogens (tertiary/aromatic N) is 1. The van der Waals surface area contributed by atoms with Crippen LogP contribution < -0.4 is 0 Å². The van der Waals surface area contributed by atoms with E-state index in [-0.39, 0.29) is 0 Å². The highest BCUT2D eigenvalue weighted by Gasteiger charge is 2.03. The predicted molar refractivity (Wildman–Crippen MR) is 78.7 cm³/mol. The Bertz CT molecular complexity index is 838. The van der Waals surface area contributed by atoms with Gasteiger partial charge in [-0.15, -0.1) is 11.3 Å². The minimum Gasteiger partial charge on any atom is -0.317 e. The smallest absolute Gasteiger partial charge is 0.0528 e. The van der Waals surface area contributed by atoms with E-state index >= 15 is 0 Å². The van der Waals surface area contributed by atoms with Crippen molar-refractivity contribution < 1.29 is 0 Å². The van der Waals surface area contributed by atoms with E-state index in [9.17, 15) is 0 Å². The standard InChI is InChI=1S/C16H11NS/c1-2-4-15-12(3-1)7-9-17(15)14-5-6-16-13(11-14)8-10-18-16/h1-11H. The maximum Gasteiger partial charge on any atom is 0.0528 e. The molecule has 2 heterocycles. The second-order valence-electron chi connectivity index (χ2n) is 4.39. The first-order valence-electron chi connectivity index (χ1n) is 5.95. The van der Waals surface area contributed by atoms with Gasteiger partial charge in [0.25, 0.3) is 0 Å². The average molecular weight is 249 g/mol. The van der Waals surface area contributed by atoms with Gasteiger partial charge in [0.05, 0.1) is 5.52 Å². The van der Waals surface area contributed by atoms with E-state index in [0.29, 0.717) is 0 Å². The zero-order chi connectivity index (χ0) is 11.9. The van der Waals surface area contributed by atoms with Crippen LogP contribution >= 0.6 is 11.3 Å². The van der Waals surface area contributed by atoms with Gasteiger partial charge in [0.15, 0.2) is 0 Å². The van der Waals surface area contributed by atoms with Gasteiger partial charge in [-0.05, 0) is 52.6 Å². The molecule has 0 unspecified atom stereocenters. The highest BCUT2D eigenvalue weighted by Crippen LogP contribution is 2.26. The summed E-state index contributed by atoms with van der Waals surface area (Å²) < 4.78 is 3.59. The Morgan fingerprint density at radius 2 is 1.78 bits per heavy atom. The fraction of sp³-hybridized carbons (Fsp3) is 0. The summed E-state index contributed by atoms with van der Waals surface area (Å²) in [5, 5.41) is 4.74. The van der Waals surface area contributed by atoms with E-state index in [1.54, 1.807) is 11.3 Å². The van der Waals surface area contributed by atoms with Gasteiger partial charge in [-0.1, -0.05) is 18.2 Å². The number of hydrogen-bond acceptors (Lipinski definition) is 1. The predicted octanol–water partition coefficient (Wildman–Crippen LogP) is 4.85. The third-order valence-corrected chi connectivity index (χ3v) is 4.21. The van der Waals surface area contributed by atoms with E-state index in [2.05, 4.69) is 70.7 Å². The monoisotopic (exact) mass is 249 g/mol. The molecule has 0 bridgehead atoms. The molecule has 4 aromatic rings. The van der Waals surface area contributed by atoms with Crippen molar-refractivity contribution in [3.05, 3.63) is 66.2 Å². The zero-order valence-electron chi connectivity index (χ0n) is 9.71. The lowest BCUT2D eigenvalue weighted by Gasteiger charge is -2.05. The summed E-state index contributed by atoms with van der Waals surface area (Å²) in [5.74, 6) is 0. The van der Waals surface area contributed by atoms with Crippen LogP contribution in [0.2, 0.25) is 0 Å². The first-order chi connectivity index (χ1) is 8.92. The van der Waals surface area contributed by atoms with Crippen LogP contribution in [0.25, 0.3) is 26.7 Å². The summed E-state index contributed by atoms with van der Waals surface area (Å²) in [4.78, 5) is 0. The molecule has 1 nitrogen and oxygen atoms in total. The molecule has 4 rings (SSSR count). The summed E-state index contributed by atoms with van der Waals surface area (Å²) in [6, 6.07) is 19.4. The number of para-hydroxylation sites is 1. The van der Waals surface area contributed by atoms with Crippen LogP contribution in [0.3, 0.4) is 0 Å². The molecule has 0 saturated heterocycles. The molecule has 2 heteroatoms. The molecule has 0 spiro atoms. The Morgan fingerprint density at radius 3 is 2.78 bits per heavy atom. The Kier molecular flexibility index (Phi) is 2.05. The fourth-order valence-electron chi connectivity index (χ4n) is 2.41. The van der Waals surface area contributed by atoms with Crippen molar-refractivity contribution in [2.24, 2.45) is 0 Å². The Balaban J connectivity index is 2.00. The van der Waals surface area contributed by atoms with Crippen LogP contribution in [0.15, 0.2) is 66.2 Å². The zero-order valence-corrected chi connectivity index (χ0v) is 10.5. The number of aromatic nitrogens is 1. The van der Waals surface area contributed by atoms with Crippen LogP contribution in [0.1, 0.15) is 0 Å². The normalized spacial score (nSPS) is 11.3. The van der Waals surface area contributed by atoms with Crippen molar-refractivity contribution in [1.29, 1.82) is 0 Å². The van der Waals surface area contributed by atoms with E-state index in [0.717, 1.165) is 0 Å². The minimum atomic E-state index is 1.22. The number of thiophene rings is 1. The lowest BCUT2D eigenvalue weighted by molar-refractivity contribution is 1.13. The maximum atomic E-state index is 2.25. The minimum absolute atomic E-state index is 1.22. The van der Waals surface area contributed by atoms with Gasteiger partial charge in [-0.2, -0.15) is 0 Å². The summed E-state index contributed by atoms with van der Waals surface area (Å²) >= 11 is 1.79. The molecule has 2 aromatic heterocycles. The second kappa shape index (κ2) is 3.72. The molecular weight excluding hydrogens is 238 g/mol. The van der Waals surface area contributed by atoms with Gasteiger partial charge in [-0.25, -0.2) is 0 Å². The Hall–Kier alpha value is -2.06. The third kappa shape index (κ3) is 1.39. The van der Waals surface area contributed by atoms with Gasteiger partial charge in [0.1, 0.15) is 0 Å². The summed E-state index contributed by atoms with van der Waals surface area (Å²) in [7, 11) is 0. The van der Waals surface area contributed by atoms with Crippen LogP contribution in [0.5, 0.6) is 0 Å². The van der Waals surface area contributed by atoms with Crippen molar-refractivity contribution in [1.82, 2.24) is 4.57 Å². The maximum absolute atomic E-state index is 2.25. The molecule has 86 valence electrons. The Morgan fingerprint density at radius 1 is 0.833 bits per heavy atom. The van der Waals surface area contributed by atoms with Crippen molar-refractivity contribution in [2.75, 3.05) is 0 Å². The molecule has 0 fully saturated rings. The molecule has 0 aliphatic carbocycles. The lowest BCUT2D eigenvalue weighted by Crippen LogP contribution is -1.90. The molecule has 0 amide bonds. The number of hydrogen-bond donors (Lipinski definition) is 0. The molecule has 0 aliphatic heterocycles. The van der Waals surface area contributed by atoms with Crippen LogP contribution in [-0.2, 0) is 0 Å². The van der Waals surface area contributed by atoms with Gasteiger partial charge in [0, 0.05) is 16.6 Å². The summed E-state index contributed by atoms with van der Waals surface area (Å²) in [6.07, 6.45) is 2.14. The van der Waals surface area contributed by atoms with Crippen molar-refractivity contribution in [3.8, 4) is 5.69 Å². The largest absolute Gasteiger partial charge is 0.317 e. The van der Waals surface area contributed by atoms with Crippen LogP contribution in [0.4, 0.5) is 0 Å². The second-order valence-corrected chi connectivity index (χ2v) is 5.33. The van der Waals surface area contributed by atoms with Crippen LogP contribution in [0, 0.1) is 0 Å². The molecule has 0 aliphatic rings. The van der Waals surface area contributed by atoms with Crippen molar-refractivity contribution in [2.45, 2.75) is 0 Å². The van der Waals surface area contributed by atoms with Gasteiger partial charge in [-0.3, -0.25) is 0 Å². The SMILES string of the molecule is c1ccc2c(c1)ccn2-c1ccc2sccc2c1. The topological polar surface area (TPSA) is 4.93 Å². The number of fused-ring (bicyclic) bond motifs is 2. The third-order valence-electron chi connectivity index (χ3n) is 3.31. The van der Waals surface area contributed by atoms with Crippen molar-refractivity contribution >= 4 is 32.3 Å². The molecular formula is C16H11NS. The molecule has 0 N–H and O–H groups in total. The molecule has 0 radical (unpaired) electrons. The van der Waals surface area contributed by atoms with E-state index in [1.807, 2.05) is 0 Å². The molecule has 0 saturated carbocycles. The van der Waals surface area contributed by atoms with Gasteiger partial charge in [0.2, 0.25) is 0 Å². The first-order valence-corrected chi connectivity index (χ1v) is 6.83. The van der Waals surface area contributed by atoms with Crippen LogP contribution in [-0.4, -0.2) is 4.57 Å². The van der Waals surface area contributed by atoms with Gasteiger partial charge < -0.3 is 4.57 Å². The Labute approximate surface area is 109 Å². The summed E-state index contributed by atoms with van der Waals surface area (Å²) in [6.45, 7) is 0. The number of rotatable bonds is 1. The molecule has 18 heavy (non-hydrogen) atoms.